The molecule has 1 N–H and O–H groups in total. The lowest BCUT2D eigenvalue weighted by molar-refractivity contribution is 0.0971. The topological polar surface area (TPSA) is 41.6 Å². The zero-order chi connectivity index (χ0) is 25.8. The smallest absolute Gasteiger partial charge is 0.257 e. The fourth-order valence-corrected chi connectivity index (χ4v) is 5.89. The normalized spacial score (nSPS) is 15.9. The van der Waals surface area contributed by atoms with E-state index in [1.165, 1.54) is 11.1 Å². The standard InChI is InChI=1S/C29H42N2O2SSi/c1-8-25(31(26-18-19-26)28(34)30-27(32)24-12-10-9-11-13-24)20-22-14-16-23(17-15-22)21(2)33-35(6,7)29(3,4)5/h9-17,21,25-26H,8,18-20H2,1-7H3,(H,30,32,34). The molecule has 2 aromatic carbocycles. The van der Waals surface area contributed by atoms with Crippen LogP contribution in [0.15, 0.2) is 54.6 Å². The molecule has 3 rings (SSSR count). The van der Waals surface area contributed by atoms with Crippen molar-refractivity contribution in [3.63, 3.8) is 0 Å². The van der Waals surface area contributed by atoms with Crippen LogP contribution in [0.5, 0.6) is 0 Å². The van der Waals surface area contributed by atoms with Gasteiger partial charge in [-0.15, -0.1) is 0 Å². The van der Waals surface area contributed by atoms with Crippen molar-refractivity contribution in [2.24, 2.45) is 0 Å². The lowest BCUT2D eigenvalue weighted by Crippen LogP contribution is -2.49. The predicted molar refractivity (Wildman–Crippen MR) is 152 cm³/mol. The van der Waals surface area contributed by atoms with E-state index in [-0.39, 0.29) is 23.1 Å². The molecule has 1 aliphatic rings. The van der Waals surface area contributed by atoms with Crippen LogP contribution in [-0.4, -0.2) is 36.3 Å². The van der Waals surface area contributed by atoms with Gasteiger partial charge in [-0.2, -0.15) is 0 Å². The molecule has 1 aliphatic carbocycles. The molecule has 4 nitrogen and oxygen atoms in total. The van der Waals surface area contributed by atoms with Crippen LogP contribution in [0, 0.1) is 0 Å². The molecule has 0 bridgehead atoms. The van der Waals surface area contributed by atoms with Crippen LogP contribution in [-0.2, 0) is 10.8 Å². The van der Waals surface area contributed by atoms with Gasteiger partial charge in [-0.3, -0.25) is 10.1 Å². The maximum Gasteiger partial charge on any atom is 0.257 e. The third kappa shape index (κ3) is 7.25. The zero-order valence-corrected chi connectivity index (χ0v) is 24.2. The number of hydrogen-bond acceptors (Lipinski definition) is 3. The number of nitrogens with one attached hydrogen (secondary N) is 1. The Balaban J connectivity index is 1.67. The van der Waals surface area contributed by atoms with Crippen LogP contribution in [0.3, 0.4) is 0 Å². The molecule has 0 aliphatic heterocycles. The van der Waals surface area contributed by atoms with Crippen molar-refractivity contribution in [2.75, 3.05) is 0 Å². The van der Waals surface area contributed by atoms with E-state index in [9.17, 15) is 4.79 Å². The molecule has 0 spiro atoms. The first-order chi connectivity index (χ1) is 16.4. The summed E-state index contributed by atoms with van der Waals surface area (Å²) in [5.74, 6) is -0.142. The van der Waals surface area contributed by atoms with Crippen molar-refractivity contribution in [2.45, 2.75) is 96.6 Å². The Morgan fingerprint density at radius 2 is 1.71 bits per heavy atom. The average molecular weight is 511 g/mol. The number of benzene rings is 2. The summed E-state index contributed by atoms with van der Waals surface area (Å²) in [6.45, 7) is 15.8. The first-order valence-electron chi connectivity index (χ1n) is 12.9. The summed E-state index contributed by atoms with van der Waals surface area (Å²) >= 11 is 5.74. The van der Waals surface area contributed by atoms with Gasteiger partial charge in [0, 0.05) is 17.6 Å². The minimum absolute atomic E-state index is 0.0793. The van der Waals surface area contributed by atoms with Gasteiger partial charge in [0.2, 0.25) is 0 Å². The summed E-state index contributed by atoms with van der Waals surface area (Å²) in [5.41, 5.74) is 3.13. The summed E-state index contributed by atoms with van der Waals surface area (Å²) in [4.78, 5) is 15.0. The van der Waals surface area contributed by atoms with Gasteiger partial charge in [0.25, 0.3) is 5.91 Å². The number of rotatable bonds is 9. The van der Waals surface area contributed by atoms with Crippen LogP contribution in [0.1, 0.15) is 81.5 Å². The van der Waals surface area contributed by atoms with Crippen molar-refractivity contribution >= 4 is 31.6 Å². The predicted octanol–water partition coefficient (Wildman–Crippen LogP) is 7.27. The van der Waals surface area contributed by atoms with Gasteiger partial charge >= 0.3 is 0 Å². The highest BCUT2D eigenvalue weighted by Gasteiger charge is 2.39. The minimum Gasteiger partial charge on any atom is -0.410 e. The zero-order valence-electron chi connectivity index (χ0n) is 22.4. The maximum atomic E-state index is 12.7. The molecule has 0 radical (unpaired) electrons. The van der Waals surface area contributed by atoms with Crippen molar-refractivity contribution in [1.82, 2.24) is 10.2 Å². The SMILES string of the molecule is CCC(Cc1ccc(C(C)O[Si](C)(C)C(C)(C)C)cc1)N(C(=S)NC(=O)c1ccccc1)C1CC1. The van der Waals surface area contributed by atoms with Gasteiger partial charge in [-0.05, 0) is 86.2 Å². The van der Waals surface area contributed by atoms with E-state index in [1.54, 1.807) is 0 Å². The molecule has 2 atom stereocenters. The van der Waals surface area contributed by atoms with Crippen molar-refractivity contribution < 1.29 is 9.22 Å². The number of carbonyl (C=O) groups is 1. The first kappa shape index (κ1) is 27.6. The third-order valence-corrected chi connectivity index (χ3v) is 12.4. The fraction of sp³-hybridized carbons (Fsp3) is 0.517. The van der Waals surface area contributed by atoms with Gasteiger partial charge in [0.05, 0.1) is 6.10 Å². The van der Waals surface area contributed by atoms with Gasteiger partial charge in [0.15, 0.2) is 13.4 Å². The second kappa shape index (κ2) is 11.4. The van der Waals surface area contributed by atoms with Crippen LogP contribution in [0.4, 0.5) is 0 Å². The Labute approximate surface area is 218 Å². The van der Waals surface area contributed by atoms with Crippen LogP contribution in [0.2, 0.25) is 18.1 Å². The molecule has 35 heavy (non-hydrogen) atoms. The Kier molecular flexibility index (Phi) is 8.94. The molecule has 1 amide bonds. The van der Waals surface area contributed by atoms with E-state index in [0.29, 0.717) is 16.7 Å². The van der Waals surface area contributed by atoms with Gasteiger partial charge < -0.3 is 9.33 Å². The van der Waals surface area contributed by atoms with E-state index in [1.807, 2.05) is 30.3 Å². The average Bonchev–Trinajstić information content (AvgIpc) is 3.63. The molecule has 0 saturated heterocycles. The van der Waals surface area contributed by atoms with Gasteiger partial charge in [-0.1, -0.05) is 70.2 Å². The van der Waals surface area contributed by atoms with Crippen molar-refractivity contribution in [1.29, 1.82) is 0 Å². The molecule has 0 aromatic heterocycles. The molecule has 1 saturated carbocycles. The number of hydrogen-bond donors (Lipinski definition) is 1. The van der Waals surface area contributed by atoms with Gasteiger partial charge in [0.1, 0.15) is 0 Å². The Bertz CT molecular complexity index is 998. The summed E-state index contributed by atoms with van der Waals surface area (Å²) in [5, 5.41) is 3.72. The molecule has 2 aromatic rings. The number of nitrogens with zero attached hydrogens (tertiary/aromatic N) is 1. The lowest BCUT2D eigenvalue weighted by Gasteiger charge is -2.38. The maximum absolute atomic E-state index is 12.7. The number of thiocarbonyl (C=S) groups is 1. The Hall–Kier alpha value is -2.02. The highest BCUT2D eigenvalue weighted by atomic mass is 32.1. The van der Waals surface area contributed by atoms with E-state index in [4.69, 9.17) is 16.6 Å². The summed E-state index contributed by atoms with van der Waals surface area (Å²) < 4.78 is 6.59. The highest BCUT2D eigenvalue weighted by molar-refractivity contribution is 7.80. The summed E-state index contributed by atoms with van der Waals surface area (Å²) in [7, 11) is -1.82. The molecule has 6 heteroatoms. The molecular weight excluding hydrogens is 468 g/mol. The third-order valence-electron chi connectivity index (χ3n) is 7.49. The van der Waals surface area contributed by atoms with Crippen LogP contribution < -0.4 is 5.32 Å². The lowest BCUT2D eigenvalue weighted by atomic mass is 10.00. The number of amides is 1. The fourth-order valence-electron chi connectivity index (χ4n) is 4.13. The highest BCUT2D eigenvalue weighted by Crippen LogP contribution is 2.39. The summed E-state index contributed by atoms with van der Waals surface area (Å²) in [6.07, 6.45) is 4.19. The molecule has 2 unspecified atom stereocenters. The molecule has 1 fully saturated rings. The Morgan fingerprint density at radius 1 is 1.11 bits per heavy atom. The van der Waals surface area contributed by atoms with Crippen molar-refractivity contribution in [3.8, 4) is 0 Å². The van der Waals surface area contributed by atoms with E-state index in [2.05, 4.69) is 82.2 Å². The van der Waals surface area contributed by atoms with E-state index >= 15 is 0 Å². The Morgan fingerprint density at radius 3 is 2.23 bits per heavy atom. The second-order valence-corrected chi connectivity index (χ2v) is 16.4. The van der Waals surface area contributed by atoms with E-state index < -0.39 is 8.32 Å². The van der Waals surface area contributed by atoms with Crippen molar-refractivity contribution in [3.05, 3.63) is 71.3 Å². The number of carbonyl (C=O) groups excluding carboxylic acids is 1. The quantitative estimate of drug-likeness (QED) is 0.284. The van der Waals surface area contributed by atoms with Crippen LogP contribution >= 0.6 is 12.2 Å². The van der Waals surface area contributed by atoms with Crippen LogP contribution in [0.25, 0.3) is 0 Å². The minimum atomic E-state index is -1.82. The molecule has 190 valence electrons. The summed E-state index contributed by atoms with van der Waals surface area (Å²) in [6, 6.07) is 18.8. The monoisotopic (exact) mass is 510 g/mol. The first-order valence-corrected chi connectivity index (χ1v) is 16.2. The molecular formula is C29H42N2O2SSi. The largest absolute Gasteiger partial charge is 0.410 e. The second-order valence-electron chi connectivity index (χ2n) is 11.3. The van der Waals surface area contributed by atoms with E-state index in [0.717, 1.165) is 25.7 Å². The van der Waals surface area contributed by atoms with Gasteiger partial charge in [-0.25, -0.2) is 0 Å². The molecule has 0 heterocycles.